The van der Waals surface area contributed by atoms with E-state index in [1.54, 1.807) is 28.1 Å². The van der Waals surface area contributed by atoms with Gasteiger partial charge in [0.05, 0.1) is 25.2 Å². The third-order valence-corrected chi connectivity index (χ3v) is 7.32. The van der Waals surface area contributed by atoms with Crippen molar-refractivity contribution in [1.82, 2.24) is 5.32 Å². The summed E-state index contributed by atoms with van der Waals surface area (Å²) in [5.41, 5.74) is 12.0. The van der Waals surface area contributed by atoms with Crippen molar-refractivity contribution in [3.05, 3.63) is 23.8 Å². The molecule has 0 saturated heterocycles. The van der Waals surface area contributed by atoms with Crippen LogP contribution in [0.4, 0.5) is 0 Å². The molecule has 9 nitrogen and oxygen atoms in total. The quantitative estimate of drug-likeness (QED) is 0.224. The number of amides is 2. The zero-order chi connectivity index (χ0) is 29.8. The summed E-state index contributed by atoms with van der Waals surface area (Å²) in [5.74, 6) is 0.282. The molecule has 1 rings (SSSR count). The van der Waals surface area contributed by atoms with Crippen molar-refractivity contribution < 1.29 is 28.6 Å². The molecule has 1 aromatic rings. The lowest BCUT2D eigenvalue weighted by atomic mass is 9.81. The number of ether oxygens (including phenoxy) is 3. The highest BCUT2D eigenvalue weighted by atomic mass is 16.5. The molecule has 0 unspecified atom stereocenters. The van der Waals surface area contributed by atoms with E-state index in [0.717, 1.165) is 18.4 Å². The van der Waals surface area contributed by atoms with Gasteiger partial charge in [-0.1, -0.05) is 33.8 Å². The molecule has 0 bridgehead atoms. The van der Waals surface area contributed by atoms with Crippen LogP contribution in [-0.2, 0) is 25.5 Å². The van der Waals surface area contributed by atoms with Crippen LogP contribution in [0.3, 0.4) is 0 Å². The molecule has 0 aromatic heterocycles. The number of methoxy groups -OCH3 is 2. The molecule has 9 heteroatoms. The lowest BCUT2D eigenvalue weighted by Crippen LogP contribution is -2.46. The number of nitrogens with one attached hydrogen (secondary N) is 1. The summed E-state index contributed by atoms with van der Waals surface area (Å²) < 4.78 is 16.5. The Morgan fingerprint density at radius 1 is 1.00 bits per heavy atom. The monoisotopic (exact) mass is 549 g/mol. The van der Waals surface area contributed by atoms with E-state index in [2.05, 4.69) is 19.2 Å². The van der Waals surface area contributed by atoms with Crippen molar-refractivity contribution in [3.63, 3.8) is 0 Å². The molecule has 0 spiro atoms. The molecule has 0 saturated carbocycles. The molecule has 2 amide bonds. The van der Waals surface area contributed by atoms with Gasteiger partial charge < -0.3 is 31.0 Å². The summed E-state index contributed by atoms with van der Waals surface area (Å²) >= 11 is 0. The minimum absolute atomic E-state index is 0.0501. The van der Waals surface area contributed by atoms with Gasteiger partial charge in [-0.15, -0.1) is 0 Å². The number of hydrogen-bond acceptors (Lipinski definition) is 7. The predicted molar refractivity (Wildman–Crippen MR) is 154 cm³/mol. The van der Waals surface area contributed by atoms with Crippen LogP contribution in [0.2, 0.25) is 0 Å². The number of carbonyl (C=O) groups is 3. The number of carbonyl (C=O) groups excluding carboxylic acids is 3. The highest BCUT2D eigenvalue weighted by Gasteiger charge is 2.31. The molecular formula is C30H51N3O6. The lowest BCUT2D eigenvalue weighted by Gasteiger charge is -2.27. The van der Waals surface area contributed by atoms with Gasteiger partial charge in [-0.2, -0.15) is 0 Å². The normalized spacial score (nSPS) is 14.1. The topological polar surface area (TPSA) is 143 Å². The maximum atomic E-state index is 13.2. The van der Waals surface area contributed by atoms with Crippen molar-refractivity contribution >= 4 is 17.6 Å². The number of primary amides is 1. The third kappa shape index (κ3) is 11.5. The standard InChI is InChI=1S/C30H51N3O6/c1-19(2)22(14-21-10-11-26(38-8)27(15-21)39-13-9-12-37-7)16-24(31)25(34)17-23(20(3)4)28(35)33-18-30(5,6)29(32)36/h10-11,15,19-20,22-24H,9,12-14,16-18,31H2,1-8H3,(H2,32,36)(H,33,35)/t22-,23-,24-/m0/s1. The Labute approximate surface area is 234 Å². The van der Waals surface area contributed by atoms with E-state index < -0.39 is 23.3 Å². The number of hydrogen-bond donors (Lipinski definition) is 3. The van der Waals surface area contributed by atoms with E-state index in [1.807, 2.05) is 32.0 Å². The minimum Gasteiger partial charge on any atom is -0.493 e. The molecular weight excluding hydrogens is 498 g/mol. The maximum absolute atomic E-state index is 13.2. The van der Waals surface area contributed by atoms with Gasteiger partial charge in [0.2, 0.25) is 11.8 Å². The Morgan fingerprint density at radius 3 is 2.21 bits per heavy atom. The van der Waals surface area contributed by atoms with Crippen LogP contribution in [0.5, 0.6) is 11.5 Å². The summed E-state index contributed by atoms with van der Waals surface area (Å²) in [6.45, 7) is 12.6. The second-order valence-electron chi connectivity index (χ2n) is 11.7. The summed E-state index contributed by atoms with van der Waals surface area (Å²) in [7, 11) is 3.27. The van der Waals surface area contributed by atoms with Gasteiger partial charge in [-0.05, 0) is 62.1 Å². The van der Waals surface area contributed by atoms with Crippen molar-refractivity contribution in [2.75, 3.05) is 34.0 Å². The first kappa shape index (κ1) is 34.4. The van der Waals surface area contributed by atoms with Gasteiger partial charge in [0.1, 0.15) is 5.78 Å². The second-order valence-corrected chi connectivity index (χ2v) is 11.7. The number of Topliss-reactive ketones (excluding diaryl/α,β-unsaturated/α-hetero) is 1. The van der Waals surface area contributed by atoms with Crippen LogP contribution in [-0.4, -0.2) is 57.6 Å². The molecule has 0 aliphatic carbocycles. The first-order valence-corrected chi connectivity index (χ1v) is 13.9. The molecule has 0 heterocycles. The van der Waals surface area contributed by atoms with E-state index >= 15 is 0 Å². The molecule has 3 atom stereocenters. The van der Waals surface area contributed by atoms with Crippen LogP contribution in [0, 0.1) is 29.1 Å². The summed E-state index contributed by atoms with van der Waals surface area (Å²) in [6, 6.07) is 5.21. The number of rotatable bonds is 19. The van der Waals surface area contributed by atoms with Gasteiger partial charge >= 0.3 is 0 Å². The zero-order valence-electron chi connectivity index (χ0n) is 25.2. The largest absolute Gasteiger partial charge is 0.493 e. The summed E-state index contributed by atoms with van der Waals surface area (Å²) in [6.07, 6.45) is 2.06. The van der Waals surface area contributed by atoms with Crippen molar-refractivity contribution in [2.45, 2.75) is 73.3 Å². The summed E-state index contributed by atoms with van der Waals surface area (Å²) in [5, 5.41) is 2.80. The first-order valence-electron chi connectivity index (χ1n) is 13.9. The Bertz CT molecular complexity index is 931. The van der Waals surface area contributed by atoms with Crippen LogP contribution in [0.25, 0.3) is 0 Å². The predicted octanol–water partition coefficient (Wildman–Crippen LogP) is 3.50. The lowest BCUT2D eigenvalue weighted by molar-refractivity contribution is -0.132. The average Bonchev–Trinajstić information content (AvgIpc) is 2.87. The van der Waals surface area contributed by atoms with E-state index in [9.17, 15) is 14.4 Å². The Balaban J connectivity index is 2.88. The number of ketones is 1. The Morgan fingerprint density at radius 2 is 1.67 bits per heavy atom. The van der Waals surface area contributed by atoms with Gasteiger partial charge in [0.15, 0.2) is 11.5 Å². The number of nitrogens with two attached hydrogens (primary N) is 2. The average molecular weight is 550 g/mol. The SMILES string of the molecule is COCCCOc1cc(C[C@@H](C[C@H](N)C(=O)C[C@H](C(=O)NCC(C)(C)C(N)=O)C(C)C)C(C)C)ccc1OC. The minimum atomic E-state index is -0.877. The van der Waals surface area contributed by atoms with Crippen molar-refractivity contribution in [3.8, 4) is 11.5 Å². The fraction of sp³-hybridized carbons (Fsp3) is 0.700. The molecule has 5 N–H and O–H groups in total. The molecule has 39 heavy (non-hydrogen) atoms. The molecule has 0 aliphatic rings. The fourth-order valence-corrected chi connectivity index (χ4v) is 4.22. The Hall–Kier alpha value is -2.65. The van der Waals surface area contributed by atoms with E-state index in [4.69, 9.17) is 25.7 Å². The second kappa shape index (κ2) is 16.5. The smallest absolute Gasteiger partial charge is 0.224 e. The molecule has 0 radical (unpaired) electrons. The van der Waals surface area contributed by atoms with E-state index in [0.29, 0.717) is 31.1 Å². The number of benzene rings is 1. The van der Waals surface area contributed by atoms with Gasteiger partial charge in [-0.25, -0.2) is 0 Å². The van der Waals surface area contributed by atoms with Crippen LogP contribution < -0.4 is 26.3 Å². The van der Waals surface area contributed by atoms with Gasteiger partial charge in [0.25, 0.3) is 0 Å². The van der Waals surface area contributed by atoms with E-state index in [1.165, 1.54) is 0 Å². The first-order chi connectivity index (χ1) is 18.2. The van der Waals surface area contributed by atoms with Crippen LogP contribution in [0.15, 0.2) is 18.2 Å². The fourth-order valence-electron chi connectivity index (χ4n) is 4.22. The van der Waals surface area contributed by atoms with Gasteiger partial charge in [0, 0.05) is 39.0 Å². The third-order valence-electron chi connectivity index (χ3n) is 7.32. The van der Waals surface area contributed by atoms with Crippen LogP contribution >= 0.6 is 0 Å². The zero-order valence-corrected chi connectivity index (χ0v) is 25.2. The van der Waals surface area contributed by atoms with Crippen molar-refractivity contribution in [1.29, 1.82) is 0 Å². The van der Waals surface area contributed by atoms with Crippen molar-refractivity contribution in [2.24, 2.45) is 40.6 Å². The van der Waals surface area contributed by atoms with E-state index in [-0.39, 0.29) is 42.4 Å². The molecule has 222 valence electrons. The maximum Gasteiger partial charge on any atom is 0.224 e. The molecule has 0 fully saturated rings. The Kier molecular flexibility index (Phi) is 14.5. The molecule has 1 aromatic carbocycles. The van der Waals surface area contributed by atoms with Gasteiger partial charge in [-0.3, -0.25) is 14.4 Å². The molecule has 0 aliphatic heterocycles. The summed E-state index contributed by atoms with van der Waals surface area (Å²) in [4.78, 5) is 37.7. The van der Waals surface area contributed by atoms with Crippen LogP contribution in [0.1, 0.15) is 66.4 Å². The highest BCUT2D eigenvalue weighted by Crippen LogP contribution is 2.31. The highest BCUT2D eigenvalue weighted by molar-refractivity contribution is 5.90.